The molecular weight excluding hydrogens is 299 g/mol. The minimum atomic E-state index is -0.815. The van der Waals surface area contributed by atoms with E-state index in [1.165, 1.54) is 0 Å². The smallest absolute Gasteiger partial charge is 0.161 e. The number of hydrogen-bond donors (Lipinski definition) is 1. The number of methoxy groups -OCH3 is 2. The van der Waals surface area contributed by atoms with Crippen molar-refractivity contribution in [3.05, 3.63) is 57.6 Å². The van der Waals surface area contributed by atoms with E-state index in [0.29, 0.717) is 32.7 Å². The molecule has 20 heavy (non-hydrogen) atoms. The molecule has 2 rings (SSSR count). The molecular formula is C15H14Cl2O3. The molecule has 0 radical (unpaired) electrons. The summed E-state index contributed by atoms with van der Waals surface area (Å²) in [6, 6.07) is 10.3. The topological polar surface area (TPSA) is 38.7 Å². The van der Waals surface area contributed by atoms with Gasteiger partial charge in [0.2, 0.25) is 0 Å². The Morgan fingerprint density at radius 3 is 2.05 bits per heavy atom. The Labute approximate surface area is 127 Å². The molecule has 2 aromatic carbocycles. The highest BCUT2D eigenvalue weighted by molar-refractivity contribution is 6.42. The third-order valence-corrected chi connectivity index (χ3v) is 3.72. The second-order valence-corrected chi connectivity index (χ2v) is 5.00. The van der Waals surface area contributed by atoms with Crippen LogP contribution in [0.15, 0.2) is 36.4 Å². The monoisotopic (exact) mass is 312 g/mol. The van der Waals surface area contributed by atoms with Crippen LogP contribution < -0.4 is 9.47 Å². The van der Waals surface area contributed by atoms with Crippen LogP contribution >= 0.6 is 23.2 Å². The number of halogens is 2. The van der Waals surface area contributed by atoms with Gasteiger partial charge >= 0.3 is 0 Å². The van der Waals surface area contributed by atoms with Gasteiger partial charge in [0, 0.05) is 0 Å². The Hall–Kier alpha value is -1.42. The lowest BCUT2D eigenvalue weighted by Crippen LogP contribution is -2.01. The van der Waals surface area contributed by atoms with E-state index in [-0.39, 0.29) is 0 Å². The fraction of sp³-hybridized carbons (Fsp3) is 0.200. The standard InChI is InChI=1S/C15H14Cl2O3/c1-19-13-6-4-10(8-14(13)20-2)15(18)9-3-5-11(16)12(17)7-9/h3-8,15,18H,1-2H3/t15-/m0/s1. The van der Waals surface area contributed by atoms with Gasteiger partial charge in [0.05, 0.1) is 24.3 Å². The Morgan fingerprint density at radius 2 is 1.45 bits per heavy atom. The van der Waals surface area contributed by atoms with Gasteiger partial charge in [-0.05, 0) is 35.4 Å². The number of benzene rings is 2. The van der Waals surface area contributed by atoms with Crippen LogP contribution in [-0.4, -0.2) is 19.3 Å². The SMILES string of the molecule is COc1ccc([C@@H](O)c2ccc(Cl)c(Cl)c2)cc1OC. The Bertz CT molecular complexity index is 614. The van der Waals surface area contributed by atoms with E-state index in [1.54, 1.807) is 50.6 Å². The van der Waals surface area contributed by atoms with Gasteiger partial charge in [0.25, 0.3) is 0 Å². The molecule has 0 saturated carbocycles. The van der Waals surface area contributed by atoms with Crippen LogP contribution in [0.5, 0.6) is 11.5 Å². The summed E-state index contributed by atoms with van der Waals surface area (Å²) >= 11 is 11.8. The molecule has 1 atom stereocenters. The van der Waals surface area contributed by atoms with E-state index < -0.39 is 6.10 Å². The fourth-order valence-electron chi connectivity index (χ4n) is 1.90. The summed E-state index contributed by atoms with van der Waals surface area (Å²) in [6.07, 6.45) is -0.815. The van der Waals surface area contributed by atoms with Crippen molar-refractivity contribution >= 4 is 23.2 Å². The first-order valence-electron chi connectivity index (χ1n) is 5.91. The van der Waals surface area contributed by atoms with Crippen molar-refractivity contribution in [3.63, 3.8) is 0 Å². The predicted molar refractivity (Wildman–Crippen MR) is 80.1 cm³/mol. The van der Waals surface area contributed by atoms with Crippen LogP contribution in [0, 0.1) is 0 Å². The van der Waals surface area contributed by atoms with Crippen molar-refractivity contribution < 1.29 is 14.6 Å². The molecule has 106 valence electrons. The van der Waals surface area contributed by atoms with Gasteiger partial charge in [0.15, 0.2) is 11.5 Å². The number of hydrogen-bond acceptors (Lipinski definition) is 3. The number of rotatable bonds is 4. The lowest BCUT2D eigenvalue weighted by molar-refractivity contribution is 0.219. The summed E-state index contributed by atoms with van der Waals surface area (Å²) in [4.78, 5) is 0. The van der Waals surface area contributed by atoms with E-state index in [1.807, 2.05) is 0 Å². The van der Waals surface area contributed by atoms with Crippen molar-refractivity contribution in [2.45, 2.75) is 6.10 Å². The molecule has 0 fully saturated rings. The van der Waals surface area contributed by atoms with Crippen LogP contribution in [0.25, 0.3) is 0 Å². The van der Waals surface area contributed by atoms with E-state index in [2.05, 4.69) is 0 Å². The number of aliphatic hydroxyl groups is 1. The maximum absolute atomic E-state index is 10.4. The van der Waals surface area contributed by atoms with E-state index in [9.17, 15) is 5.11 Å². The largest absolute Gasteiger partial charge is 0.493 e. The quantitative estimate of drug-likeness (QED) is 0.924. The van der Waals surface area contributed by atoms with E-state index >= 15 is 0 Å². The molecule has 0 aromatic heterocycles. The molecule has 5 heteroatoms. The molecule has 0 unspecified atom stereocenters. The highest BCUT2D eigenvalue weighted by atomic mass is 35.5. The summed E-state index contributed by atoms with van der Waals surface area (Å²) in [5.41, 5.74) is 1.34. The first-order valence-corrected chi connectivity index (χ1v) is 6.67. The van der Waals surface area contributed by atoms with Crippen molar-refractivity contribution in [3.8, 4) is 11.5 Å². The highest BCUT2D eigenvalue weighted by Gasteiger charge is 2.14. The summed E-state index contributed by atoms with van der Waals surface area (Å²) in [7, 11) is 3.11. The minimum absolute atomic E-state index is 0.406. The van der Waals surface area contributed by atoms with Crippen LogP contribution in [0.1, 0.15) is 17.2 Å². The van der Waals surface area contributed by atoms with Crippen molar-refractivity contribution in [1.29, 1.82) is 0 Å². The fourth-order valence-corrected chi connectivity index (χ4v) is 2.20. The average Bonchev–Trinajstić information content (AvgIpc) is 2.48. The van der Waals surface area contributed by atoms with E-state index in [4.69, 9.17) is 32.7 Å². The summed E-state index contributed by atoms with van der Waals surface area (Å²) in [5.74, 6) is 1.17. The van der Waals surface area contributed by atoms with Gasteiger partial charge in [0.1, 0.15) is 6.10 Å². The zero-order chi connectivity index (χ0) is 14.7. The predicted octanol–water partition coefficient (Wildman–Crippen LogP) is 4.09. The average molecular weight is 313 g/mol. The molecule has 0 amide bonds. The van der Waals surface area contributed by atoms with Crippen molar-refractivity contribution in [2.24, 2.45) is 0 Å². The van der Waals surface area contributed by atoms with Gasteiger partial charge in [-0.2, -0.15) is 0 Å². The molecule has 0 saturated heterocycles. The molecule has 0 aliphatic carbocycles. The normalized spacial score (nSPS) is 12.1. The first-order chi connectivity index (χ1) is 9.56. The van der Waals surface area contributed by atoms with Gasteiger partial charge in [-0.1, -0.05) is 35.3 Å². The zero-order valence-electron chi connectivity index (χ0n) is 11.1. The van der Waals surface area contributed by atoms with E-state index in [0.717, 1.165) is 0 Å². The Morgan fingerprint density at radius 1 is 0.850 bits per heavy atom. The second-order valence-electron chi connectivity index (χ2n) is 4.19. The maximum atomic E-state index is 10.4. The van der Waals surface area contributed by atoms with Gasteiger partial charge in [-0.3, -0.25) is 0 Å². The summed E-state index contributed by atoms with van der Waals surface area (Å²) in [5, 5.41) is 11.3. The molecule has 0 heterocycles. The molecule has 0 aliphatic heterocycles. The molecule has 0 aliphatic rings. The first kappa shape index (κ1) is 15.0. The van der Waals surface area contributed by atoms with Crippen molar-refractivity contribution in [1.82, 2.24) is 0 Å². The summed E-state index contributed by atoms with van der Waals surface area (Å²) in [6.45, 7) is 0. The lowest BCUT2D eigenvalue weighted by Gasteiger charge is -2.15. The molecule has 0 bridgehead atoms. The number of ether oxygens (including phenoxy) is 2. The van der Waals surface area contributed by atoms with Crippen LogP contribution in [0.2, 0.25) is 10.0 Å². The van der Waals surface area contributed by atoms with Gasteiger partial charge in [-0.25, -0.2) is 0 Å². The Kier molecular flexibility index (Phi) is 4.76. The second kappa shape index (κ2) is 6.35. The van der Waals surface area contributed by atoms with Crippen LogP contribution in [0.4, 0.5) is 0 Å². The minimum Gasteiger partial charge on any atom is -0.493 e. The van der Waals surface area contributed by atoms with Crippen LogP contribution in [0.3, 0.4) is 0 Å². The molecule has 0 spiro atoms. The maximum Gasteiger partial charge on any atom is 0.161 e. The lowest BCUT2D eigenvalue weighted by atomic mass is 10.0. The third kappa shape index (κ3) is 3.01. The Balaban J connectivity index is 2.37. The van der Waals surface area contributed by atoms with Gasteiger partial charge < -0.3 is 14.6 Å². The molecule has 1 N–H and O–H groups in total. The van der Waals surface area contributed by atoms with Gasteiger partial charge in [-0.15, -0.1) is 0 Å². The van der Waals surface area contributed by atoms with Crippen LogP contribution in [-0.2, 0) is 0 Å². The number of aliphatic hydroxyl groups excluding tert-OH is 1. The summed E-state index contributed by atoms with van der Waals surface area (Å²) < 4.78 is 10.4. The molecule has 2 aromatic rings. The zero-order valence-corrected chi connectivity index (χ0v) is 12.6. The highest BCUT2D eigenvalue weighted by Crippen LogP contribution is 2.33. The third-order valence-electron chi connectivity index (χ3n) is 2.98. The molecule has 3 nitrogen and oxygen atoms in total. The van der Waals surface area contributed by atoms with Crippen molar-refractivity contribution in [2.75, 3.05) is 14.2 Å².